The Morgan fingerprint density at radius 3 is 3.00 bits per heavy atom. The molecule has 72 valence electrons. The summed E-state index contributed by atoms with van der Waals surface area (Å²) in [5, 5.41) is 8.81. The van der Waals surface area contributed by atoms with Gasteiger partial charge in [0.05, 0.1) is 18.5 Å². The van der Waals surface area contributed by atoms with E-state index in [1.165, 1.54) is 6.20 Å². The number of aromatic nitrogens is 4. The van der Waals surface area contributed by atoms with Crippen molar-refractivity contribution in [2.75, 3.05) is 5.73 Å². The molecule has 2 heterocycles. The fourth-order valence-corrected chi connectivity index (χ4v) is 1.06. The summed E-state index contributed by atoms with van der Waals surface area (Å²) in [5.41, 5.74) is 5.76. The van der Waals surface area contributed by atoms with Crippen molar-refractivity contribution < 1.29 is 5.11 Å². The smallest absolute Gasteiger partial charge is 0.348 e. The molecule has 0 spiro atoms. The number of rotatable bonds is 1. The van der Waals surface area contributed by atoms with Gasteiger partial charge < -0.3 is 10.8 Å². The number of aliphatic hydroxyl groups is 1. The lowest BCUT2D eigenvalue weighted by atomic mass is 10.4. The first kappa shape index (κ1) is 8.57. The first-order chi connectivity index (χ1) is 6.70. The number of anilines is 1. The van der Waals surface area contributed by atoms with E-state index in [0.717, 1.165) is 0 Å². The van der Waals surface area contributed by atoms with Crippen LogP contribution < -0.4 is 11.4 Å². The van der Waals surface area contributed by atoms with Crippen molar-refractivity contribution in [1.82, 2.24) is 19.9 Å². The molecule has 14 heavy (non-hydrogen) atoms. The lowest BCUT2D eigenvalue weighted by molar-refractivity contribution is 0.277. The van der Waals surface area contributed by atoms with Crippen molar-refractivity contribution in [3.8, 4) is 0 Å². The van der Waals surface area contributed by atoms with Gasteiger partial charge in [-0.05, 0) is 0 Å². The maximum absolute atomic E-state index is 10.9. The summed E-state index contributed by atoms with van der Waals surface area (Å²) in [4.78, 5) is 24.6. The molecule has 7 nitrogen and oxygen atoms in total. The molecule has 0 unspecified atom stereocenters. The maximum atomic E-state index is 10.9. The number of aromatic amines is 1. The average Bonchev–Trinajstić information content (AvgIpc) is 2.17. The number of H-pyrrole nitrogens is 1. The molecule has 0 aliphatic rings. The van der Waals surface area contributed by atoms with E-state index in [1.807, 2.05) is 0 Å². The van der Waals surface area contributed by atoms with Crippen LogP contribution in [0.15, 0.2) is 11.0 Å². The Morgan fingerprint density at radius 1 is 1.50 bits per heavy atom. The second kappa shape index (κ2) is 3.04. The lowest BCUT2D eigenvalue weighted by Crippen LogP contribution is -2.14. The maximum Gasteiger partial charge on any atom is 0.348 e. The minimum absolute atomic E-state index is 0.0998. The standard InChI is InChI=1S/C7H7N5O2/c8-5-4-6(12-7(14)11-5)9-1-3(2-13)10-4/h1,13H,2H2,(H3,8,9,11,12,14). The summed E-state index contributed by atoms with van der Waals surface area (Å²) in [7, 11) is 0. The first-order valence-electron chi connectivity index (χ1n) is 3.83. The lowest BCUT2D eigenvalue weighted by Gasteiger charge is -2.00. The predicted molar refractivity (Wildman–Crippen MR) is 48.3 cm³/mol. The molecule has 0 atom stereocenters. The Labute approximate surface area is 77.7 Å². The van der Waals surface area contributed by atoms with Crippen molar-refractivity contribution in [3.05, 3.63) is 22.4 Å². The van der Waals surface area contributed by atoms with Gasteiger partial charge in [0.1, 0.15) is 11.3 Å². The Morgan fingerprint density at radius 2 is 2.29 bits per heavy atom. The molecule has 2 aromatic rings. The van der Waals surface area contributed by atoms with E-state index in [-0.39, 0.29) is 23.6 Å². The first-order valence-corrected chi connectivity index (χ1v) is 3.83. The Bertz CT molecular complexity index is 535. The number of aliphatic hydroxyl groups excluding tert-OH is 1. The number of nitrogens with zero attached hydrogens (tertiary/aromatic N) is 3. The molecule has 0 saturated heterocycles. The van der Waals surface area contributed by atoms with Gasteiger partial charge in [-0.1, -0.05) is 0 Å². The molecule has 0 bridgehead atoms. The number of fused-ring (bicyclic) bond motifs is 1. The van der Waals surface area contributed by atoms with E-state index < -0.39 is 5.69 Å². The van der Waals surface area contributed by atoms with Gasteiger partial charge >= 0.3 is 5.69 Å². The van der Waals surface area contributed by atoms with E-state index in [9.17, 15) is 4.79 Å². The zero-order valence-corrected chi connectivity index (χ0v) is 7.06. The third kappa shape index (κ3) is 1.29. The predicted octanol–water partition coefficient (Wildman–Crippen LogP) is -1.21. The van der Waals surface area contributed by atoms with Gasteiger partial charge in [0.15, 0.2) is 5.65 Å². The Kier molecular flexibility index (Phi) is 1.86. The normalized spacial score (nSPS) is 10.6. The molecule has 0 aliphatic carbocycles. The van der Waals surface area contributed by atoms with E-state index >= 15 is 0 Å². The minimum atomic E-state index is -0.568. The summed E-state index contributed by atoms with van der Waals surface area (Å²) in [6.07, 6.45) is 1.34. The molecular formula is C7H7N5O2. The fraction of sp³-hybridized carbons (Fsp3) is 0.143. The van der Waals surface area contributed by atoms with Crippen molar-refractivity contribution in [2.45, 2.75) is 6.61 Å². The molecule has 2 rings (SSSR count). The molecule has 0 radical (unpaired) electrons. The van der Waals surface area contributed by atoms with Crippen LogP contribution in [0.2, 0.25) is 0 Å². The van der Waals surface area contributed by atoms with E-state index in [1.54, 1.807) is 0 Å². The molecule has 0 aliphatic heterocycles. The summed E-state index contributed by atoms with van der Waals surface area (Å²) in [5.74, 6) is 0.0998. The summed E-state index contributed by atoms with van der Waals surface area (Å²) in [6, 6.07) is 0. The van der Waals surface area contributed by atoms with Crippen molar-refractivity contribution in [3.63, 3.8) is 0 Å². The van der Waals surface area contributed by atoms with Crippen LogP contribution in [0.4, 0.5) is 5.82 Å². The van der Waals surface area contributed by atoms with E-state index in [0.29, 0.717) is 5.69 Å². The van der Waals surface area contributed by atoms with Gasteiger partial charge in [0.25, 0.3) is 0 Å². The quantitative estimate of drug-likeness (QED) is 0.522. The highest BCUT2D eigenvalue weighted by atomic mass is 16.3. The molecule has 7 heteroatoms. The Balaban J connectivity index is 2.82. The summed E-state index contributed by atoms with van der Waals surface area (Å²) in [6.45, 7) is -0.235. The average molecular weight is 193 g/mol. The van der Waals surface area contributed by atoms with Crippen LogP contribution in [0.1, 0.15) is 5.69 Å². The highest BCUT2D eigenvalue weighted by Crippen LogP contribution is 2.09. The van der Waals surface area contributed by atoms with E-state index in [4.69, 9.17) is 10.8 Å². The zero-order valence-electron chi connectivity index (χ0n) is 7.06. The van der Waals surface area contributed by atoms with Gasteiger partial charge in [0.2, 0.25) is 0 Å². The van der Waals surface area contributed by atoms with Gasteiger partial charge in [-0.25, -0.2) is 14.8 Å². The fourth-order valence-electron chi connectivity index (χ4n) is 1.06. The number of nitrogens with two attached hydrogens (primary N) is 1. The van der Waals surface area contributed by atoms with Crippen molar-refractivity contribution >= 4 is 17.0 Å². The number of nitrogens with one attached hydrogen (secondary N) is 1. The third-order valence-electron chi connectivity index (χ3n) is 1.67. The molecular weight excluding hydrogens is 186 g/mol. The van der Waals surface area contributed by atoms with Crippen LogP contribution >= 0.6 is 0 Å². The monoisotopic (exact) mass is 193 g/mol. The second-order valence-corrected chi connectivity index (χ2v) is 2.65. The van der Waals surface area contributed by atoms with Crippen LogP contribution in [-0.2, 0) is 6.61 Å². The van der Waals surface area contributed by atoms with E-state index in [2.05, 4.69) is 19.9 Å². The van der Waals surface area contributed by atoms with Crippen LogP contribution in [-0.4, -0.2) is 25.0 Å². The molecule has 0 fully saturated rings. The zero-order chi connectivity index (χ0) is 10.1. The summed E-state index contributed by atoms with van der Waals surface area (Å²) < 4.78 is 0. The third-order valence-corrected chi connectivity index (χ3v) is 1.67. The summed E-state index contributed by atoms with van der Waals surface area (Å²) >= 11 is 0. The van der Waals surface area contributed by atoms with Crippen molar-refractivity contribution in [1.29, 1.82) is 0 Å². The van der Waals surface area contributed by atoms with Crippen LogP contribution in [0, 0.1) is 0 Å². The largest absolute Gasteiger partial charge is 0.390 e. The Hall–Kier alpha value is -2.02. The highest BCUT2D eigenvalue weighted by Gasteiger charge is 2.05. The van der Waals surface area contributed by atoms with Crippen LogP contribution in [0.25, 0.3) is 11.2 Å². The van der Waals surface area contributed by atoms with Gasteiger partial charge in [-0.3, -0.25) is 4.98 Å². The molecule has 0 aromatic carbocycles. The second-order valence-electron chi connectivity index (χ2n) is 2.65. The number of hydrogen-bond acceptors (Lipinski definition) is 6. The van der Waals surface area contributed by atoms with Gasteiger partial charge in [-0.15, -0.1) is 0 Å². The van der Waals surface area contributed by atoms with Gasteiger partial charge in [0, 0.05) is 0 Å². The SMILES string of the molecule is Nc1[nH]c(=O)nc2ncc(CO)nc12. The molecule has 2 aromatic heterocycles. The topological polar surface area (TPSA) is 118 Å². The van der Waals surface area contributed by atoms with Crippen LogP contribution in [0.3, 0.4) is 0 Å². The highest BCUT2D eigenvalue weighted by molar-refractivity contribution is 5.80. The molecule has 0 saturated carbocycles. The number of nitrogen functional groups attached to an aromatic ring is 1. The molecule has 0 amide bonds. The van der Waals surface area contributed by atoms with Gasteiger partial charge in [-0.2, -0.15) is 4.98 Å². The van der Waals surface area contributed by atoms with Crippen LogP contribution in [0.5, 0.6) is 0 Å². The van der Waals surface area contributed by atoms with Crippen molar-refractivity contribution in [2.24, 2.45) is 0 Å². The number of hydrogen-bond donors (Lipinski definition) is 3. The minimum Gasteiger partial charge on any atom is -0.390 e. The molecule has 4 N–H and O–H groups in total.